The second-order valence-corrected chi connectivity index (χ2v) is 5.90. The second-order valence-electron chi connectivity index (χ2n) is 5.90. The number of halogens is 3. The molecule has 2 heterocycles. The molecule has 1 aliphatic heterocycles. The van der Waals surface area contributed by atoms with Crippen LogP contribution in [0.2, 0.25) is 0 Å². The zero-order valence-electron chi connectivity index (χ0n) is 14.7. The molecule has 0 radical (unpaired) electrons. The third kappa shape index (κ3) is 5.12. The molecule has 1 aromatic heterocycles. The fourth-order valence-corrected chi connectivity index (χ4v) is 2.45. The number of ether oxygens (including phenoxy) is 2. The van der Waals surface area contributed by atoms with Gasteiger partial charge in [0.05, 0.1) is 0 Å². The number of alkyl halides is 2. The van der Waals surface area contributed by atoms with Crippen LogP contribution in [0.1, 0.15) is 6.42 Å². The number of benzene rings is 1. The first-order valence-electron chi connectivity index (χ1n) is 8.46. The van der Waals surface area contributed by atoms with Crippen molar-refractivity contribution in [1.29, 1.82) is 5.53 Å². The van der Waals surface area contributed by atoms with Gasteiger partial charge in [0.15, 0.2) is 11.6 Å². The van der Waals surface area contributed by atoms with Crippen LogP contribution < -0.4 is 19.7 Å². The molecule has 3 rings (SSSR count). The number of rotatable bonds is 9. The average Bonchev–Trinajstić information content (AvgIpc) is 2.63. The van der Waals surface area contributed by atoms with E-state index < -0.39 is 18.2 Å². The Hall–Kier alpha value is -3.30. The van der Waals surface area contributed by atoms with E-state index in [1.807, 2.05) is 12.1 Å². The van der Waals surface area contributed by atoms with Crippen molar-refractivity contribution in [3.05, 3.63) is 54.2 Å². The lowest BCUT2D eigenvalue weighted by Crippen LogP contribution is -2.36. The van der Waals surface area contributed by atoms with Gasteiger partial charge in [-0.2, -0.15) is 13.9 Å². The van der Waals surface area contributed by atoms with E-state index in [1.165, 1.54) is 12.3 Å². The first-order valence-corrected chi connectivity index (χ1v) is 8.46. The molecule has 148 valence electrons. The average molecular weight is 393 g/mol. The summed E-state index contributed by atoms with van der Waals surface area (Å²) in [4.78, 5) is 6.31. The molecule has 0 unspecified atom stereocenters. The zero-order valence-corrected chi connectivity index (χ0v) is 14.7. The zero-order chi connectivity index (χ0) is 19.9. The van der Waals surface area contributed by atoms with Crippen LogP contribution in [0, 0.1) is 11.3 Å². The van der Waals surface area contributed by atoms with E-state index in [9.17, 15) is 13.2 Å². The summed E-state index contributed by atoms with van der Waals surface area (Å²) >= 11 is 0. The fourth-order valence-electron chi connectivity index (χ4n) is 2.45. The molecule has 0 bridgehead atoms. The second kappa shape index (κ2) is 9.07. The molecule has 0 spiro atoms. The summed E-state index contributed by atoms with van der Waals surface area (Å²) in [5, 5.41) is 6.10. The number of hydrogen-bond donors (Lipinski definition) is 2. The Kier molecular flexibility index (Phi) is 6.30. The van der Waals surface area contributed by atoms with Crippen molar-refractivity contribution in [3.63, 3.8) is 0 Å². The van der Waals surface area contributed by atoms with E-state index >= 15 is 0 Å². The molecule has 28 heavy (non-hydrogen) atoms. The van der Waals surface area contributed by atoms with Gasteiger partial charge in [-0.1, -0.05) is 0 Å². The van der Waals surface area contributed by atoms with Gasteiger partial charge in [-0.05, 0) is 24.6 Å². The summed E-state index contributed by atoms with van der Waals surface area (Å²) in [5.41, 5.74) is 8.76. The highest BCUT2D eigenvalue weighted by molar-refractivity contribution is 5.51. The minimum Gasteiger partial charge on any atom is -0.471 e. The summed E-state index contributed by atoms with van der Waals surface area (Å²) in [7, 11) is 0. The minimum absolute atomic E-state index is 0.0332. The van der Waals surface area contributed by atoms with E-state index in [2.05, 4.69) is 25.1 Å². The maximum Gasteiger partial charge on any atom is 0.387 e. The number of hydrogen-bond acceptors (Lipinski definition) is 7. The molecule has 0 saturated carbocycles. The molecule has 1 fully saturated rings. The smallest absolute Gasteiger partial charge is 0.387 e. The molecule has 0 aliphatic carbocycles. The minimum atomic E-state index is -3.13. The maximum atomic E-state index is 13.4. The maximum absolute atomic E-state index is 13.4. The summed E-state index contributed by atoms with van der Waals surface area (Å²) in [6, 6.07) is 7.12. The molecule has 1 aliphatic rings. The Morgan fingerprint density at radius 2 is 2.14 bits per heavy atom. The largest absolute Gasteiger partial charge is 0.471 e. The lowest BCUT2D eigenvalue weighted by Gasteiger charge is -2.33. The van der Waals surface area contributed by atoms with Crippen LogP contribution >= 0.6 is 0 Å². The van der Waals surface area contributed by atoms with E-state index in [1.54, 1.807) is 6.20 Å². The highest BCUT2D eigenvalue weighted by Gasteiger charge is 2.15. The third-order valence-corrected chi connectivity index (χ3v) is 4.00. The summed E-state index contributed by atoms with van der Waals surface area (Å²) in [5.74, 6) is -1.09. The van der Waals surface area contributed by atoms with Crippen LogP contribution in [0.3, 0.4) is 0 Å². The van der Waals surface area contributed by atoms with Gasteiger partial charge in [-0.3, -0.25) is 0 Å². The number of nitrogens with zero attached hydrogens (tertiary/aromatic N) is 3. The van der Waals surface area contributed by atoms with Gasteiger partial charge in [0.2, 0.25) is 5.88 Å². The van der Waals surface area contributed by atoms with Gasteiger partial charge in [0.1, 0.15) is 12.3 Å². The SMILES string of the molecule is N=N/C(=C\Nc1ccc(F)c(OC(F)F)c1)COc1cc(N2CCC2)ccn1. The van der Waals surface area contributed by atoms with Gasteiger partial charge in [-0.15, -0.1) is 0 Å². The van der Waals surface area contributed by atoms with Crippen molar-refractivity contribution in [2.45, 2.75) is 13.0 Å². The van der Waals surface area contributed by atoms with Gasteiger partial charge >= 0.3 is 6.61 Å². The molecule has 0 amide bonds. The molecule has 10 heteroatoms. The van der Waals surface area contributed by atoms with Crippen molar-refractivity contribution in [2.24, 2.45) is 5.11 Å². The van der Waals surface area contributed by atoms with E-state index in [0.717, 1.165) is 37.3 Å². The van der Waals surface area contributed by atoms with Crippen molar-refractivity contribution in [2.75, 3.05) is 29.9 Å². The third-order valence-electron chi connectivity index (χ3n) is 4.00. The Morgan fingerprint density at radius 3 is 2.82 bits per heavy atom. The lowest BCUT2D eigenvalue weighted by atomic mass is 10.2. The molecule has 0 atom stereocenters. The highest BCUT2D eigenvalue weighted by Crippen LogP contribution is 2.25. The summed E-state index contributed by atoms with van der Waals surface area (Å²) in [6.45, 7) is -1.17. The number of aromatic nitrogens is 1. The van der Waals surface area contributed by atoms with E-state index in [-0.39, 0.29) is 18.0 Å². The molecular formula is C18H18F3N5O2. The van der Waals surface area contributed by atoms with Gasteiger partial charge in [0.25, 0.3) is 0 Å². The van der Waals surface area contributed by atoms with Crippen molar-refractivity contribution < 1.29 is 22.6 Å². The quantitative estimate of drug-likeness (QED) is 0.617. The number of nitrogens with one attached hydrogen (secondary N) is 2. The molecule has 2 N–H and O–H groups in total. The van der Waals surface area contributed by atoms with Crippen LogP contribution in [0.5, 0.6) is 11.6 Å². The predicted molar refractivity (Wildman–Crippen MR) is 96.4 cm³/mol. The predicted octanol–water partition coefficient (Wildman–Crippen LogP) is 4.40. The molecule has 1 saturated heterocycles. The lowest BCUT2D eigenvalue weighted by molar-refractivity contribution is -0.0521. The molecule has 7 nitrogen and oxygen atoms in total. The van der Waals surface area contributed by atoms with Crippen LogP contribution in [0.25, 0.3) is 0 Å². The Balaban J connectivity index is 1.60. The van der Waals surface area contributed by atoms with Crippen molar-refractivity contribution in [3.8, 4) is 11.6 Å². The normalized spacial score (nSPS) is 13.9. The fraction of sp³-hybridized carbons (Fsp3) is 0.278. The van der Waals surface area contributed by atoms with Gasteiger partial charge in [-0.25, -0.2) is 14.9 Å². The number of anilines is 2. The van der Waals surface area contributed by atoms with Crippen LogP contribution in [0.15, 0.2) is 53.5 Å². The standard InChI is InChI=1S/C18H18F3N5O2/c19-15-3-2-12(8-16(15)28-18(20)21)24-10-13(25-22)11-27-17-9-14(4-5-23-17)26-6-1-7-26/h2-5,8-10,18,22,24H,1,6-7,11H2/b13-10-,25-22?. The monoisotopic (exact) mass is 393 g/mol. The molecule has 1 aromatic carbocycles. The first kappa shape index (κ1) is 19.5. The summed E-state index contributed by atoms with van der Waals surface area (Å²) < 4.78 is 47.7. The van der Waals surface area contributed by atoms with E-state index in [4.69, 9.17) is 10.3 Å². The van der Waals surface area contributed by atoms with E-state index in [0.29, 0.717) is 5.88 Å². The molecular weight excluding hydrogens is 375 g/mol. The van der Waals surface area contributed by atoms with Gasteiger partial charge in [0, 0.05) is 49.0 Å². The molecule has 2 aromatic rings. The summed E-state index contributed by atoms with van der Waals surface area (Å²) in [6.07, 6.45) is 4.15. The Morgan fingerprint density at radius 1 is 1.32 bits per heavy atom. The van der Waals surface area contributed by atoms with Crippen molar-refractivity contribution >= 4 is 11.4 Å². The van der Waals surface area contributed by atoms with Crippen molar-refractivity contribution in [1.82, 2.24) is 4.98 Å². The Bertz CT molecular complexity index is 859. The van der Waals surface area contributed by atoms with Gasteiger partial charge < -0.3 is 19.7 Å². The van der Waals surface area contributed by atoms with Crippen LogP contribution in [-0.2, 0) is 0 Å². The topological polar surface area (TPSA) is 82.8 Å². The highest BCUT2D eigenvalue weighted by atomic mass is 19.3. The Labute approximate surface area is 159 Å². The first-order chi connectivity index (χ1) is 13.5. The number of pyridine rings is 1. The van der Waals surface area contributed by atoms with Crippen LogP contribution in [-0.4, -0.2) is 31.3 Å². The van der Waals surface area contributed by atoms with Crippen LogP contribution in [0.4, 0.5) is 24.5 Å².